The lowest BCUT2D eigenvalue weighted by molar-refractivity contribution is 0.198. The molecule has 1 unspecified atom stereocenters. The first-order valence-corrected chi connectivity index (χ1v) is 5.45. The van der Waals surface area contributed by atoms with Gasteiger partial charge in [-0.25, -0.2) is 0 Å². The molecule has 0 bridgehead atoms. The predicted octanol–water partition coefficient (Wildman–Crippen LogP) is 2.90. The summed E-state index contributed by atoms with van der Waals surface area (Å²) in [7, 11) is 0. The van der Waals surface area contributed by atoms with Gasteiger partial charge in [-0.1, -0.05) is 22.0 Å². The maximum absolute atomic E-state index is 9.38. The molecule has 1 rings (SSSR count). The molecule has 1 N–H and O–H groups in total. The van der Waals surface area contributed by atoms with E-state index in [-0.39, 0.29) is 5.88 Å². The molecule has 1 atom stereocenters. The highest BCUT2D eigenvalue weighted by Gasteiger charge is 2.06. The Morgan fingerprint density at radius 3 is 2.85 bits per heavy atom. The zero-order valence-electron chi connectivity index (χ0n) is 7.43. The molecule has 0 saturated heterocycles. The Balaban J connectivity index is 2.81. The Kier molecular flexibility index (Phi) is 4.23. The Hall–Kier alpha value is -0.0500. The van der Waals surface area contributed by atoms with Gasteiger partial charge in [-0.05, 0) is 36.6 Å². The second-order valence-corrected chi connectivity index (χ2v) is 4.31. The minimum atomic E-state index is -0.449. The first-order valence-electron chi connectivity index (χ1n) is 4.12. The average molecular weight is 264 g/mol. The third kappa shape index (κ3) is 3.29. The molecule has 0 aliphatic rings. The van der Waals surface area contributed by atoms with Crippen molar-refractivity contribution in [2.24, 2.45) is 0 Å². The third-order valence-electron chi connectivity index (χ3n) is 1.94. The highest BCUT2D eigenvalue weighted by Crippen LogP contribution is 2.17. The van der Waals surface area contributed by atoms with E-state index >= 15 is 0 Å². The first-order chi connectivity index (χ1) is 6.13. The monoisotopic (exact) mass is 262 g/mol. The molecule has 0 radical (unpaired) electrons. The molecule has 0 aromatic heterocycles. The van der Waals surface area contributed by atoms with Crippen LogP contribution in [0.5, 0.6) is 0 Å². The number of rotatable bonds is 3. The van der Waals surface area contributed by atoms with Gasteiger partial charge in [0.25, 0.3) is 0 Å². The van der Waals surface area contributed by atoms with Crippen LogP contribution in [0.25, 0.3) is 0 Å². The molecule has 0 heterocycles. The zero-order valence-corrected chi connectivity index (χ0v) is 9.77. The highest BCUT2D eigenvalue weighted by molar-refractivity contribution is 9.10. The van der Waals surface area contributed by atoms with Gasteiger partial charge in [-0.2, -0.15) is 0 Å². The van der Waals surface area contributed by atoms with Gasteiger partial charge >= 0.3 is 0 Å². The molecule has 3 heteroatoms. The summed E-state index contributed by atoms with van der Waals surface area (Å²) in [5.41, 5.74) is 2.33. The van der Waals surface area contributed by atoms with E-state index in [0.717, 1.165) is 10.0 Å². The fraction of sp³-hybridized carbons (Fsp3) is 0.400. The third-order valence-corrected chi connectivity index (χ3v) is 2.79. The zero-order chi connectivity index (χ0) is 9.84. The largest absolute Gasteiger partial charge is 0.392 e. The molecule has 1 aromatic carbocycles. The number of halogens is 2. The van der Waals surface area contributed by atoms with Gasteiger partial charge in [0.2, 0.25) is 0 Å². The molecule has 0 spiro atoms. The van der Waals surface area contributed by atoms with E-state index in [1.165, 1.54) is 5.56 Å². The molecular weight excluding hydrogens is 251 g/mol. The number of aryl methyl sites for hydroxylation is 1. The summed E-state index contributed by atoms with van der Waals surface area (Å²) in [5, 5.41) is 9.38. The number of benzene rings is 1. The minimum absolute atomic E-state index is 0.284. The van der Waals surface area contributed by atoms with Gasteiger partial charge in [0, 0.05) is 10.4 Å². The van der Waals surface area contributed by atoms with E-state index in [1.54, 1.807) is 0 Å². The Labute approximate surface area is 91.9 Å². The van der Waals surface area contributed by atoms with Crippen LogP contribution in [0.2, 0.25) is 0 Å². The second-order valence-electron chi connectivity index (χ2n) is 3.08. The fourth-order valence-electron chi connectivity index (χ4n) is 1.17. The van der Waals surface area contributed by atoms with Crippen molar-refractivity contribution in [3.05, 3.63) is 33.8 Å². The highest BCUT2D eigenvalue weighted by atomic mass is 79.9. The van der Waals surface area contributed by atoms with Crippen molar-refractivity contribution in [1.29, 1.82) is 0 Å². The van der Waals surface area contributed by atoms with Crippen molar-refractivity contribution in [1.82, 2.24) is 0 Å². The molecule has 0 fully saturated rings. The minimum Gasteiger partial charge on any atom is -0.392 e. The molecule has 0 aliphatic heterocycles. The standard InChI is InChI=1S/C10H12BrClO/c1-7-2-3-9(11)4-8(7)5-10(13)6-12/h2-4,10,13H,5-6H2,1H3. The predicted molar refractivity (Wildman–Crippen MR) is 59.3 cm³/mol. The van der Waals surface area contributed by atoms with E-state index in [9.17, 15) is 5.11 Å². The van der Waals surface area contributed by atoms with Crippen molar-refractivity contribution in [2.45, 2.75) is 19.4 Å². The number of aliphatic hydroxyl groups is 1. The van der Waals surface area contributed by atoms with Gasteiger partial charge in [-0.15, -0.1) is 11.6 Å². The van der Waals surface area contributed by atoms with Gasteiger partial charge in [0.05, 0.1) is 6.10 Å². The van der Waals surface area contributed by atoms with Crippen LogP contribution in [0.1, 0.15) is 11.1 Å². The molecule has 1 aromatic rings. The van der Waals surface area contributed by atoms with Crippen LogP contribution in [0, 0.1) is 6.92 Å². The smallest absolute Gasteiger partial charge is 0.0715 e. The van der Waals surface area contributed by atoms with Crippen molar-refractivity contribution < 1.29 is 5.11 Å². The van der Waals surface area contributed by atoms with E-state index in [2.05, 4.69) is 15.9 Å². The molecule has 0 saturated carbocycles. The van der Waals surface area contributed by atoms with Gasteiger partial charge in [-0.3, -0.25) is 0 Å². The molecular formula is C10H12BrClO. The second kappa shape index (κ2) is 4.99. The Bertz CT molecular complexity index is 288. The molecule has 0 amide bonds. The number of hydrogen-bond donors (Lipinski definition) is 1. The SMILES string of the molecule is Cc1ccc(Br)cc1CC(O)CCl. The number of alkyl halides is 1. The van der Waals surface area contributed by atoms with Crippen LogP contribution in [0.4, 0.5) is 0 Å². The summed E-state index contributed by atoms with van der Waals surface area (Å²) in [6, 6.07) is 6.04. The van der Waals surface area contributed by atoms with E-state index in [1.807, 2.05) is 25.1 Å². The maximum Gasteiger partial charge on any atom is 0.0715 e. The molecule has 0 aliphatic carbocycles. The summed E-state index contributed by atoms with van der Waals surface area (Å²) in [5.74, 6) is 0.284. The van der Waals surface area contributed by atoms with Crippen molar-refractivity contribution in [2.75, 3.05) is 5.88 Å². The lowest BCUT2D eigenvalue weighted by atomic mass is 10.0. The summed E-state index contributed by atoms with van der Waals surface area (Å²) < 4.78 is 1.04. The van der Waals surface area contributed by atoms with Crippen LogP contribution in [0.15, 0.2) is 22.7 Å². The van der Waals surface area contributed by atoms with Gasteiger partial charge < -0.3 is 5.11 Å². The fourth-order valence-corrected chi connectivity index (χ4v) is 1.69. The van der Waals surface area contributed by atoms with Gasteiger partial charge in [0.15, 0.2) is 0 Å². The Morgan fingerprint density at radius 2 is 2.23 bits per heavy atom. The van der Waals surface area contributed by atoms with Gasteiger partial charge in [0.1, 0.15) is 0 Å². The molecule has 1 nitrogen and oxygen atoms in total. The van der Waals surface area contributed by atoms with Crippen LogP contribution < -0.4 is 0 Å². The van der Waals surface area contributed by atoms with Crippen LogP contribution in [0.3, 0.4) is 0 Å². The normalized spacial score (nSPS) is 12.9. The van der Waals surface area contributed by atoms with Crippen molar-refractivity contribution in [3.8, 4) is 0 Å². The lowest BCUT2D eigenvalue weighted by Crippen LogP contribution is -2.12. The number of hydrogen-bond acceptors (Lipinski definition) is 1. The topological polar surface area (TPSA) is 20.2 Å². The van der Waals surface area contributed by atoms with E-state index in [4.69, 9.17) is 11.6 Å². The van der Waals surface area contributed by atoms with Crippen LogP contribution >= 0.6 is 27.5 Å². The van der Waals surface area contributed by atoms with Crippen molar-refractivity contribution in [3.63, 3.8) is 0 Å². The summed E-state index contributed by atoms with van der Waals surface area (Å²) in [6.07, 6.45) is 0.170. The van der Waals surface area contributed by atoms with E-state index in [0.29, 0.717) is 6.42 Å². The summed E-state index contributed by atoms with van der Waals surface area (Å²) in [4.78, 5) is 0. The first kappa shape index (κ1) is 11.0. The number of aliphatic hydroxyl groups excluding tert-OH is 1. The Morgan fingerprint density at radius 1 is 1.54 bits per heavy atom. The summed E-state index contributed by atoms with van der Waals surface area (Å²) in [6.45, 7) is 2.03. The summed E-state index contributed by atoms with van der Waals surface area (Å²) >= 11 is 8.93. The van der Waals surface area contributed by atoms with Crippen LogP contribution in [-0.4, -0.2) is 17.1 Å². The maximum atomic E-state index is 9.38. The van der Waals surface area contributed by atoms with E-state index < -0.39 is 6.10 Å². The molecule has 72 valence electrons. The van der Waals surface area contributed by atoms with Crippen LogP contribution in [-0.2, 0) is 6.42 Å². The van der Waals surface area contributed by atoms with Crippen molar-refractivity contribution >= 4 is 27.5 Å². The quantitative estimate of drug-likeness (QED) is 0.832. The average Bonchev–Trinajstić information content (AvgIpc) is 2.11. The molecule has 13 heavy (non-hydrogen) atoms. The lowest BCUT2D eigenvalue weighted by Gasteiger charge is -2.09.